The highest BCUT2D eigenvalue weighted by atomic mass is 16.5. The Morgan fingerprint density at radius 1 is 0.750 bits per heavy atom. The molecule has 132 valence electrons. The maximum atomic E-state index is 5.25. The van der Waals surface area contributed by atoms with Gasteiger partial charge in [-0.05, 0) is 60.6 Å². The van der Waals surface area contributed by atoms with Crippen molar-refractivity contribution >= 4 is 0 Å². The minimum Gasteiger partial charge on any atom is -0.493 e. The predicted octanol–water partition coefficient (Wildman–Crippen LogP) is 2.39. The topological polar surface area (TPSA) is 81.5 Å². The van der Waals surface area contributed by atoms with E-state index in [0.717, 1.165) is 11.5 Å². The molecule has 1 rings (SSSR count). The fraction of sp³-hybridized carbons (Fsp3) is 0.400. The first-order chi connectivity index (χ1) is 10.4. The van der Waals surface area contributed by atoms with Crippen LogP contribution < -0.4 is 9.47 Å². The van der Waals surface area contributed by atoms with E-state index in [9.17, 15) is 0 Å². The molecule has 0 radical (unpaired) electrons. The number of benzene rings is 1. The summed E-state index contributed by atoms with van der Waals surface area (Å²) in [6.07, 6.45) is 0. The number of ether oxygens (including phenoxy) is 2. The van der Waals surface area contributed by atoms with Gasteiger partial charge >= 0.3 is 0 Å². The molecular weight excluding hydrogens is 304 g/mol. The molecule has 0 aliphatic carbocycles. The maximum Gasteiger partial charge on any atom is 0.161 e. The largest absolute Gasteiger partial charge is 0.493 e. The lowest BCUT2D eigenvalue weighted by Crippen LogP contribution is -2.11. The van der Waals surface area contributed by atoms with E-state index in [2.05, 4.69) is 62.4 Å². The van der Waals surface area contributed by atoms with Crippen molar-refractivity contribution in [2.24, 2.45) is 0 Å². The first-order valence-corrected chi connectivity index (χ1v) is 6.96. The first kappa shape index (κ1) is 26.3. The Kier molecular flexibility index (Phi) is 15.4. The normalized spacial score (nSPS) is 7.79. The van der Waals surface area contributed by atoms with E-state index >= 15 is 0 Å². The van der Waals surface area contributed by atoms with Crippen LogP contribution in [0.4, 0.5) is 0 Å². The van der Waals surface area contributed by atoms with Gasteiger partial charge in [0.1, 0.15) is 0 Å². The molecule has 4 heteroatoms. The molecule has 0 saturated heterocycles. The molecule has 0 bridgehead atoms. The zero-order chi connectivity index (χ0) is 17.0. The van der Waals surface area contributed by atoms with Crippen LogP contribution in [0.2, 0.25) is 0 Å². The van der Waals surface area contributed by atoms with Gasteiger partial charge in [-0.3, -0.25) is 0 Å². The fourth-order valence-corrected chi connectivity index (χ4v) is 1.49. The Bertz CT molecular complexity index is 627. The smallest absolute Gasteiger partial charge is 0.161 e. The van der Waals surface area contributed by atoms with E-state index < -0.39 is 0 Å². The van der Waals surface area contributed by atoms with Gasteiger partial charge in [0.25, 0.3) is 0 Å². The van der Waals surface area contributed by atoms with Crippen LogP contribution >= 0.6 is 0 Å². The van der Waals surface area contributed by atoms with Crippen molar-refractivity contribution in [3.63, 3.8) is 0 Å². The van der Waals surface area contributed by atoms with E-state index in [-0.39, 0.29) is 16.4 Å². The number of rotatable bonds is 2. The van der Waals surface area contributed by atoms with Gasteiger partial charge in [-0.15, -0.1) is 0 Å². The Labute approximate surface area is 146 Å². The van der Waals surface area contributed by atoms with Crippen molar-refractivity contribution in [3.8, 4) is 47.0 Å². The van der Waals surface area contributed by atoms with Gasteiger partial charge < -0.3 is 20.4 Å². The van der Waals surface area contributed by atoms with Gasteiger partial charge in [0, 0.05) is 0 Å². The minimum absolute atomic E-state index is 0. The summed E-state index contributed by atoms with van der Waals surface area (Å²) in [6.45, 7) is 10.0. The summed E-state index contributed by atoms with van der Waals surface area (Å²) in [5.74, 6) is 17.1. The predicted molar refractivity (Wildman–Crippen MR) is 100 cm³/mol. The summed E-state index contributed by atoms with van der Waals surface area (Å²) >= 11 is 0. The minimum atomic E-state index is 0. The maximum absolute atomic E-state index is 5.25. The van der Waals surface area contributed by atoms with Gasteiger partial charge in [0.05, 0.1) is 14.2 Å². The SMILES string of the molecule is CC#CC#CC#CC.COc1ccc(C(C)(C)C)cc1OC.O.O. The molecule has 0 saturated carbocycles. The van der Waals surface area contributed by atoms with Crippen LogP contribution in [-0.2, 0) is 5.41 Å². The second-order valence-corrected chi connectivity index (χ2v) is 5.32. The summed E-state index contributed by atoms with van der Waals surface area (Å²) < 4.78 is 10.4. The van der Waals surface area contributed by atoms with Crippen LogP contribution in [0.25, 0.3) is 0 Å². The van der Waals surface area contributed by atoms with Crippen LogP contribution in [-0.4, -0.2) is 25.2 Å². The lowest BCUT2D eigenvalue weighted by atomic mass is 9.87. The monoisotopic (exact) mass is 332 g/mol. The highest BCUT2D eigenvalue weighted by Crippen LogP contribution is 2.32. The molecule has 0 aromatic heterocycles. The summed E-state index contributed by atoms with van der Waals surface area (Å²) in [7, 11) is 3.30. The van der Waals surface area contributed by atoms with Crippen molar-refractivity contribution in [3.05, 3.63) is 23.8 Å². The van der Waals surface area contributed by atoms with E-state index in [1.165, 1.54) is 5.56 Å². The lowest BCUT2D eigenvalue weighted by Gasteiger charge is -2.20. The third kappa shape index (κ3) is 10.2. The van der Waals surface area contributed by atoms with E-state index in [1.54, 1.807) is 28.1 Å². The Morgan fingerprint density at radius 2 is 1.21 bits per heavy atom. The lowest BCUT2D eigenvalue weighted by molar-refractivity contribution is 0.353. The third-order valence-corrected chi connectivity index (χ3v) is 2.69. The molecule has 0 spiro atoms. The molecule has 4 N–H and O–H groups in total. The highest BCUT2D eigenvalue weighted by molar-refractivity contribution is 5.44. The van der Waals surface area contributed by atoms with Gasteiger partial charge in [-0.1, -0.05) is 38.7 Å². The van der Waals surface area contributed by atoms with E-state index in [0.29, 0.717) is 0 Å². The molecule has 1 aromatic carbocycles. The van der Waals surface area contributed by atoms with Gasteiger partial charge in [-0.2, -0.15) is 0 Å². The fourth-order valence-electron chi connectivity index (χ4n) is 1.49. The second kappa shape index (κ2) is 14.0. The quantitative estimate of drug-likeness (QED) is 0.779. The van der Waals surface area contributed by atoms with Crippen LogP contribution in [0.3, 0.4) is 0 Å². The Hall–Kier alpha value is -2.58. The summed E-state index contributed by atoms with van der Waals surface area (Å²) in [5, 5.41) is 0. The van der Waals surface area contributed by atoms with Gasteiger partial charge in [0.2, 0.25) is 0 Å². The third-order valence-electron chi connectivity index (χ3n) is 2.69. The number of methoxy groups -OCH3 is 2. The molecule has 0 aliphatic rings. The standard InChI is InChI=1S/C12H18O2.C8H6.2H2O/c1-12(2,3)9-6-7-10(13-4)11(8-9)14-5;1-3-5-7-8-6-4-2;;/h6-8H,1-5H3;1-2H3;2*1H2. The molecular formula is C20H28O4. The van der Waals surface area contributed by atoms with Crippen LogP contribution in [0.1, 0.15) is 40.2 Å². The van der Waals surface area contributed by atoms with E-state index in [1.807, 2.05) is 12.1 Å². The molecule has 4 nitrogen and oxygen atoms in total. The molecule has 0 atom stereocenters. The molecule has 0 fully saturated rings. The molecule has 0 aliphatic heterocycles. The van der Waals surface area contributed by atoms with Crippen molar-refractivity contribution in [1.82, 2.24) is 0 Å². The molecule has 0 unspecified atom stereocenters. The summed E-state index contributed by atoms with van der Waals surface area (Å²) in [6, 6.07) is 6.04. The van der Waals surface area contributed by atoms with Gasteiger partial charge in [-0.25, -0.2) is 0 Å². The van der Waals surface area contributed by atoms with Crippen LogP contribution in [0.5, 0.6) is 11.5 Å². The summed E-state index contributed by atoms with van der Waals surface area (Å²) in [5.41, 5.74) is 1.38. The Morgan fingerprint density at radius 3 is 1.54 bits per heavy atom. The van der Waals surface area contributed by atoms with Crippen molar-refractivity contribution in [2.45, 2.75) is 40.0 Å². The Balaban J connectivity index is -0.000000386. The number of hydrogen-bond acceptors (Lipinski definition) is 2. The zero-order valence-corrected chi connectivity index (χ0v) is 15.5. The number of hydrogen-bond donors (Lipinski definition) is 0. The second-order valence-electron chi connectivity index (χ2n) is 5.32. The molecule has 24 heavy (non-hydrogen) atoms. The summed E-state index contributed by atoms with van der Waals surface area (Å²) in [4.78, 5) is 0. The van der Waals surface area contributed by atoms with Crippen molar-refractivity contribution in [2.75, 3.05) is 14.2 Å². The van der Waals surface area contributed by atoms with Crippen molar-refractivity contribution < 1.29 is 20.4 Å². The average molecular weight is 332 g/mol. The highest BCUT2D eigenvalue weighted by Gasteiger charge is 2.15. The molecule has 0 heterocycles. The van der Waals surface area contributed by atoms with Crippen LogP contribution in [0, 0.1) is 35.5 Å². The average Bonchev–Trinajstić information content (AvgIpc) is 2.50. The van der Waals surface area contributed by atoms with E-state index in [4.69, 9.17) is 9.47 Å². The van der Waals surface area contributed by atoms with Gasteiger partial charge in [0.15, 0.2) is 11.5 Å². The van der Waals surface area contributed by atoms with Crippen molar-refractivity contribution in [1.29, 1.82) is 0 Å². The molecule has 1 aromatic rings. The molecule has 0 amide bonds. The first-order valence-electron chi connectivity index (χ1n) is 6.96. The van der Waals surface area contributed by atoms with Crippen LogP contribution in [0.15, 0.2) is 18.2 Å². The zero-order valence-electron chi connectivity index (χ0n) is 15.5.